The molecule has 1 rings (SSSR count). The van der Waals surface area contributed by atoms with Crippen LogP contribution in [0.4, 0.5) is 0 Å². The number of hydrogen-bond donors (Lipinski definition) is 0. The summed E-state index contributed by atoms with van der Waals surface area (Å²) in [6.07, 6.45) is 0. The zero-order valence-corrected chi connectivity index (χ0v) is 10.8. The molecular weight excluding hydrogens is 220 g/mol. The summed E-state index contributed by atoms with van der Waals surface area (Å²) in [6, 6.07) is 8.32. The number of esters is 1. The van der Waals surface area contributed by atoms with Crippen molar-refractivity contribution in [3.05, 3.63) is 29.8 Å². The van der Waals surface area contributed by atoms with E-state index in [0.717, 1.165) is 5.75 Å². The molecule has 0 heterocycles. The number of hydrogen-bond acceptors (Lipinski definition) is 3. The molecule has 0 bridgehead atoms. The standard InChI is InChI=1S/C13H18O2S/c1-4-15-13(14)11(3)9-16-12-7-5-10(2)6-8-12/h5-8,11H,4,9H2,1-3H3. The summed E-state index contributed by atoms with van der Waals surface area (Å²) in [6.45, 7) is 6.25. The average Bonchev–Trinajstić information content (AvgIpc) is 2.28. The monoisotopic (exact) mass is 238 g/mol. The highest BCUT2D eigenvalue weighted by molar-refractivity contribution is 7.99. The molecule has 0 N–H and O–H groups in total. The third-order valence-electron chi connectivity index (χ3n) is 2.21. The molecular formula is C13H18O2S. The van der Waals surface area contributed by atoms with Crippen LogP contribution in [0.15, 0.2) is 29.2 Å². The SMILES string of the molecule is CCOC(=O)C(C)CSc1ccc(C)cc1. The van der Waals surface area contributed by atoms with Crippen molar-refractivity contribution in [2.24, 2.45) is 5.92 Å². The predicted octanol–water partition coefficient (Wildman–Crippen LogP) is 3.29. The second-order valence-electron chi connectivity index (χ2n) is 3.78. The van der Waals surface area contributed by atoms with Gasteiger partial charge in [-0.05, 0) is 26.0 Å². The van der Waals surface area contributed by atoms with Crippen LogP contribution in [0.3, 0.4) is 0 Å². The van der Waals surface area contributed by atoms with E-state index in [2.05, 4.69) is 31.2 Å². The highest BCUT2D eigenvalue weighted by Crippen LogP contribution is 2.21. The summed E-state index contributed by atoms with van der Waals surface area (Å²) >= 11 is 1.69. The third kappa shape index (κ3) is 4.27. The topological polar surface area (TPSA) is 26.3 Å². The van der Waals surface area contributed by atoms with Crippen molar-refractivity contribution < 1.29 is 9.53 Å². The quantitative estimate of drug-likeness (QED) is 0.581. The van der Waals surface area contributed by atoms with Crippen molar-refractivity contribution in [2.45, 2.75) is 25.7 Å². The zero-order chi connectivity index (χ0) is 12.0. The van der Waals surface area contributed by atoms with Gasteiger partial charge in [0.15, 0.2) is 0 Å². The van der Waals surface area contributed by atoms with Crippen molar-refractivity contribution in [3.8, 4) is 0 Å². The summed E-state index contributed by atoms with van der Waals surface area (Å²) in [5, 5.41) is 0. The van der Waals surface area contributed by atoms with Crippen molar-refractivity contribution in [3.63, 3.8) is 0 Å². The number of carbonyl (C=O) groups is 1. The molecule has 1 aromatic rings. The average molecular weight is 238 g/mol. The maximum Gasteiger partial charge on any atom is 0.309 e. The molecule has 0 saturated carbocycles. The molecule has 0 fully saturated rings. The molecule has 0 radical (unpaired) electrons. The minimum atomic E-state index is -0.109. The lowest BCUT2D eigenvalue weighted by Gasteiger charge is -2.09. The van der Waals surface area contributed by atoms with Crippen LogP contribution < -0.4 is 0 Å². The highest BCUT2D eigenvalue weighted by Gasteiger charge is 2.13. The number of ether oxygens (including phenoxy) is 1. The largest absolute Gasteiger partial charge is 0.466 e. The lowest BCUT2D eigenvalue weighted by atomic mass is 10.2. The Kier molecular flexibility index (Phi) is 5.39. The van der Waals surface area contributed by atoms with Crippen molar-refractivity contribution in [1.29, 1.82) is 0 Å². The summed E-state index contributed by atoms with van der Waals surface area (Å²) in [5.41, 5.74) is 1.25. The predicted molar refractivity (Wildman–Crippen MR) is 67.7 cm³/mol. The smallest absolute Gasteiger partial charge is 0.309 e. The van der Waals surface area contributed by atoms with E-state index < -0.39 is 0 Å². The lowest BCUT2D eigenvalue weighted by Crippen LogP contribution is -2.16. The summed E-state index contributed by atoms with van der Waals surface area (Å²) < 4.78 is 4.96. The summed E-state index contributed by atoms with van der Waals surface area (Å²) in [5.74, 6) is 0.607. The van der Waals surface area contributed by atoms with Gasteiger partial charge in [0.05, 0.1) is 12.5 Å². The van der Waals surface area contributed by atoms with E-state index in [-0.39, 0.29) is 11.9 Å². The van der Waals surface area contributed by atoms with Gasteiger partial charge in [0, 0.05) is 10.6 Å². The highest BCUT2D eigenvalue weighted by atomic mass is 32.2. The van der Waals surface area contributed by atoms with Crippen LogP contribution >= 0.6 is 11.8 Å². The number of benzene rings is 1. The van der Waals surface area contributed by atoms with E-state index >= 15 is 0 Å². The van der Waals surface area contributed by atoms with Gasteiger partial charge in [-0.3, -0.25) is 4.79 Å². The second-order valence-corrected chi connectivity index (χ2v) is 4.87. The van der Waals surface area contributed by atoms with Gasteiger partial charge in [0.1, 0.15) is 0 Å². The Morgan fingerprint density at radius 2 is 2.00 bits per heavy atom. The maximum atomic E-state index is 11.4. The summed E-state index contributed by atoms with van der Waals surface area (Å²) in [7, 11) is 0. The molecule has 1 atom stereocenters. The van der Waals surface area contributed by atoms with Crippen molar-refractivity contribution >= 4 is 17.7 Å². The first-order valence-electron chi connectivity index (χ1n) is 5.49. The molecule has 0 aliphatic rings. The van der Waals surface area contributed by atoms with E-state index in [1.54, 1.807) is 11.8 Å². The molecule has 2 nitrogen and oxygen atoms in total. The van der Waals surface area contributed by atoms with Gasteiger partial charge < -0.3 is 4.74 Å². The fourth-order valence-corrected chi connectivity index (χ4v) is 2.12. The summed E-state index contributed by atoms with van der Waals surface area (Å²) in [4.78, 5) is 12.6. The van der Waals surface area contributed by atoms with Gasteiger partial charge >= 0.3 is 5.97 Å². The normalized spacial score (nSPS) is 12.2. The van der Waals surface area contributed by atoms with E-state index in [9.17, 15) is 4.79 Å². The van der Waals surface area contributed by atoms with Gasteiger partial charge in [0.2, 0.25) is 0 Å². The molecule has 0 aromatic heterocycles. The van der Waals surface area contributed by atoms with Crippen LogP contribution in [0.5, 0.6) is 0 Å². The number of aryl methyl sites for hydroxylation is 1. The van der Waals surface area contributed by atoms with Crippen LogP contribution in [0.25, 0.3) is 0 Å². The lowest BCUT2D eigenvalue weighted by molar-refractivity contribution is -0.146. The first kappa shape index (κ1) is 13.1. The minimum Gasteiger partial charge on any atom is -0.466 e. The fraction of sp³-hybridized carbons (Fsp3) is 0.462. The number of carbonyl (C=O) groups excluding carboxylic acids is 1. The number of rotatable bonds is 5. The first-order valence-corrected chi connectivity index (χ1v) is 6.48. The van der Waals surface area contributed by atoms with Gasteiger partial charge in [-0.25, -0.2) is 0 Å². The fourth-order valence-electron chi connectivity index (χ4n) is 1.21. The molecule has 0 saturated heterocycles. The Hall–Kier alpha value is -0.960. The molecule has 0 amide bonds. The molecule has 3 heteroatoms. The zero-order valence-electron chi connectivity index (χ0n) is 10.0. The van der Waals surface area contributed by atoms with E-state index in [4.69, 9.17) is 4.74 Å². The van der Waals surface area contributed by atoms with Crippen LogP contribution in [-0.4, -0.2) is 18.3 Å². The molecule has 1 unspecified atom stereocenters. The van der Waals surface area contributed by atoms with E-state index in [1.807, 2.05) is 13.8 Å². The Morgan fingerprint density at radius 1 is 1.38 bits per heavy atom. The molecule has 0 spiro atoms. The van der Waals surface area contributed by atoms with Gasteiger partial charge in [-0.15, -0.1) is 11.8 Å². The Bertz CT molecular complexity index is 332. The van der Waals surface area contributed by atoms with Gasteiger partial charge in [0.25, 0.3) is 0 Å². The third-order valence-corrected chi connectivity index (χ3v) is 3.48. The first-order chi connectivity index (χ1) is 7.63. The second kappa shape index (κ2) is 6.59. The Morgan fingerprint density at radius 3 is 2.56 bits per heavy atom. The number of thioether (sulfide) groups is 1. The Labute approximate surface area is 101 Å². The van der Waals surface area contributed by atoms with E-state index in [0.29, 0.717) is 6.61 Å². The van der Waals surface area contributed by atoms with Crippen LogP contribution in [0.2, 0.25) is 0 Å². The van der Waals surface area contributed by atoms with Gasteiger partial charge in [-0.1, -0.05) is 24.6 Å². The Balaban J connectivity index is 2.39. The molecule has 16 heavy (non-hydrogen) atoms. The minimum absolute atomic E-state index is 0.0498. The molecule has 0 aliphatic heterocycles. The van der Waals surface area contributed by atoms with Crippen LogP contribution in [-0.2, 0) is 9.53 Å². The maximum absolute atomic E-state index is 11.4. The molecule has 0 aliphatic carbocycles. The van der Waals surface area contributed by atoms with Crippen LogP contribution in [0.1, 0.15) is 19.4 Å². The van der Waals surface area contributed by atoms with Crippen molar-refractivity contribution in [2.75, 3.05) is 12.4 Å². The molecule has 88 valence electrons. The van der Waals surface area contributed by atoms with Crippen molar-refractivity contribution in [1.82, 2.24) is 0 Å². The van der Waals surface area contributed by atoms with E-state index in [1.165, 1.54) is 10.5 Å². The van der Waals surface area contributed by atoms with Gasteiger partial charge in [-0.2, -0.15) is 0 Å². The van der Waals surface area contributed by atoms with Crippen LogP contribution in [0, 0.1) is 12.8 Å². The molecule has 1 aromatic carbocycles.